The molecule has 9 heteroatoms. The lowest BCUT2D eigenvalue weighted by atomic mass is 10.0. The average molecular weight is 492 g/mol. The predicted octanol–water partition coefficient (Wildman–Crippen LogP) is 5.13. The number of carbonyl (C=O) groups excluding carboxylic acids is 2. The second-order valence-electron chi connectivity index (χ2n) is 9.12. The Hall–Kier alpha value is -3.59. The van der Waals surface area contributed by atoms with Crippen molar-refractivity contribution in [2.45, 2.75) is 38.8 Å². The summed E-state index contributed by atoms with van der Waals surface area (Å²) in [5.74, 6) is 0.597. The van der Waals surface area contributed by atoms with E-state index in [-0.39, 0.29) is 17.9 Å². The minimum atomic E-state index is -0.647. The van der Waals surface area contributed by atoms with Gasteiger partial charge in [-0.2, -0.15) is 0 Å². The number of thiophene rings is 1. The van der Waals surface area contributed by atoms with Gasteiger partial charge in [0.05, 0.1) is 25.0 Å². The Morgan fingerprint density at radius 2 is 2.03 bits per heavy atom. The highest BCUT2D eigenvalue weighted by Gasteiger charge is 2.37. The lowest BCUT2D eigenvalue weighted by Crippen LogP contribution is -2.51. The van der Waals surface area contributed by atoms with E-state index >= 15 is 0 Å². The van der Waals surface area contributed by atoms with Crippen molar-refractivity contribution in [2.75, 3.05) is 13.7 Å². The third-order valence-electron chi connectivity index (χ3n) is 6.58. The molecule has 4 aromatic rings. The normalized spacial score (nSPS) is 16.7. The van der Waals surface area contributed by atoms with E-state index in [1.807, 2.05) is 43.1 Å². The highest BCUT2D eigenvalue weighted by Crippen LogP contribution is 2.37. The molecule has 2 atom stereocenters. The van der Waals surface area contributed by atoms with Crippen molar-refractivity contribution in [3.8, 4) is 16.9 Å². The van der Waals surface area contributed by atoms with Crippen LogP contribution in [-0.4, -0.2) is 51.1 Å². The zero-order chi connectivity index (χ0) is 24.5. The number of aromatic nitrogens is 3. The number of imidazole rings is 1. The number of nitrogens with one attached hydrogen (secondary N) is 2. The third-order valence-corrected chi connectivity index (χ3v) is 7.57. The molecule has 1 unspecified atom stereocenters. The van der Waals surface area contributed by atoms with Gasteiger partial charge in [0.2, 0.25) is 5.91 Å². The van der Waals surface area contributed by atoms with Crippen molar-refractivity contribution in [3.63, 3.8) is 0 Å². The van der Waals surface area contributed by atoms with E-state index in [1.54, 1.807) is 11.3 Å². The van der Waals surface area contributed by atoms with E-state index in [0.717, 1.165) is 41.0 Å². The number of aromatic amines is 1. The zero-order valence-electron chi connectivity index (χ0n) is 20.0. The fourth-order valence-electron chi connectivity index (χ4n) is 4.76. The summed E-state index contributed by atoms with van der Waals surface area (Å²) in [6, 6.07) is 11.6. The monoisotopic (exact) mass is 491 g/mol. The van der Waals surface area contributed by atoms with Gasteiger partial charge in [0.1, 0.15) is 16.7 Å². The van der Waals surface area contributed by atoms with Crippen LogP contribution in [0.2, 0.25) is 0 Å². The summed E-state index contributed by atoms with van der Waals surface area (Å²) in [5, 5.41) is 6.00. The zero-order valence-corrected chi connectivity index (χ0v) is 20.8. The lowest BCUT2D eigenvalue weighted by Gasteiger charge is -2.30. The van der Waals surface area contributed by atoms with E-state index in [2.05, 4.69) is 49.6 Å². The highest BCUT2D eigenvalue weighted by molar-refractivity contribution is 7.17. The number of likely N-dealkylation sites (tertiary alicyclic amines) is 1. The molecule has 1 fully saturated rings. The van der Waals surface area contributed by atoms with Gasteiger partial charge >= 0.3 is 6.09 Å². The molecular formula is C26H29N5O3S. The minimum Gasteiger partial charge on any atom is -0.453 e. The van der Waals surface area contributed by atoms with Crippen LogP contribution >= 0.6 is 11.3 Å². The lowest BCUT2D eigenvalue weighted by molar-refractivity contribution is -0.135. The number of ether oxygens (including phenoxy) is 1. The molecular weight excluding hydrogens is 462 g/mol. The maximum Gasteiger partial charge on any atom is 0.407 e. The number of benzene rings is 1. The Labute approximate surface area is 207 Å². The molecule has 2 N–H and O–H groups in total. The Kier molecular flexibility index (Phi) is 6.34. The number of alkyl carbamates (subject to hydrolysis) is 1. The number of amides is 2. The Morgan fingerprint density at radius 3 is 2.77 bits per heavy atom. The summed E-state index contributed by atoms with van der Waals surface area (Å²) < 4.78 is 6.92. The van der Waals surface area contributed by atoms with Gasteiger partial charge in [0, 0.05) is 34.8 Å². The summed E-state index contributed by atoms with van der Waals surface area (Å²) in [5.41, 5.74) is 3.16. The molecule has 1 aliphatic heterocycles. The van der Waals surface area contributed by atoms with Crippen LogP contribution in [0.1, 0.15) is 38.6 Å². The quantitative estimate of drug-likeness (QED) is 0.391. The molecule has 4 heterocycles. The summed E-state index contributed by atoms with van der Waals surface area (Å²) in [6.45, 7) is 4.46. The molecule has 2 amide bonds. The number of methoxy groups -OCH3 is 1. The van der Waals surface area contributed by atoms with Crippen molar-refractivity contribution in [1.29, 1.82) is 0 Å². The molecule has 5 rings (SSSR count). The summed E-state index contributed by atoms with van der Waals surface area (Å²) >= 11 is 1.70. The first kappa shape index (κ1) is 23.2. The first-order valence-electron chi connectivity index (χ1n) is 11.8. The first-order valence-corrected chi connectivity index (χ1v) is 12.7. The molecule has 3 aromatic heterocycles. The van der Waals surface area contributed by atoms with Gasteiger partial charge in [0.25, 0.3) is 0 Å². The molecule has 0 spiro atoms. The maximum absolute atomic E-state index is 13.4. The van der Waals surface area contributed by atoms with Gasteiger partial charge in [-0.3, -0.25) is 4.79 Å². The average Bonchev–Trinajstić information content (AvgIpc) is 3.65. The standard InChI is InChI=1S/C26H29N5O3S/c1-16(2)22(29-26(33)34-3)24(32)31-12-7-10-21(31)23-27-14-20(28-23)19-15-35-25-18(19)11-13-30(25)17-8-5-4-6-9-17/h4-6,8-9,11,13-16,21-22H,7,10,12H2,1-3H3,(H,27,28)(H,29,33)/t21?,22-/m0/s1. The van der Waals surface area contributed by atoms with Crippen LogP contribution in [0.25, 0.3) is 27.2 Å². The SMILES string of the molecule is COC(=O)N[C@H](C(=O)N1CCCC1c1ncc(-c2csc3c2ccn3-c2ccccc2)[nH]1)C(C)C. The number of hydrogen-bond acceptors (Lipinski definition) is 5. The molecule has 0 aliphatic carbocycles. The summed E-state index contributed by atoms with van der Waals surface area (Å²) in [7, 11) is 1.30. The van der Waals surface area contributed by atoms with E-state index in [4.69, 9.17) is 4.74 Å². The Morgan fingerprint density at radius 1 is 1.23 bits per heavy atom. The van der Waals surface area contributed by atoms with Crippen LogP contribution in [0.15, 0.2) is 54.2 Å². The van der Waals surface area contributed by atoms with Crippen LogP contribution in [0.3, 0.4) is 0 Å². The maximum atomic E-state index is 13.4. The first-order chi connectivity index (χ1) is 17.0. The van der Waals surface area contributed by atoms with Gasteiger partial charge in [0.15, 0.2) is 0 Å². The number of rotatable bonds is 6. The van der Waals surface area contributed by atoms with E-state index < -0.39 is 12.1 Å². The van der Waals surface area contributed by atoms with Crippen molar-refractivity contribution in [1.82, 2.24) is 24.8 Å². The van der Waals surface area contributed by atoms with Gasteiger partial charge < -0.3 is 24.5 Å². The molecule has 0 saturated carbocycles. The smallest absolute Gasteiger partial charge is 0.407 e. The Bertz CT molecular complexity index is 1340. The van der Waals surface area contributed by atoms with Crippen molar-refractivity contribution < 1.29 is 14.3 Å². The second kappa shape index (κ2) is 9.58. The van der Waals surface area contributed by atoms with Crippen LogP contribution in [0, 0.1) is 5.92 Å². The summed E-state index contributed by atoms with van der Waals surface area (Å²) in [6.07, 6.45) is 5.06. The topological polar surface area (TPSA) is 92.2 Å². The minimum absolute atomic E-state index is 0.0669. The largest absolute Gasteiger partial charge is 0.453 e. The third kappa shape index (κ3) is 4.32. The fraction of sp³-hybridized carbons (Fsp3) is 0.346. The second-order valence-corrected chi connectivity index (χ2v) is 9.98. The van der Waals surface area contributed by atoms with E-state index in [0.29, 0.717) is 6.54 Å². The molecule has 182 valence electrons. The van der Waals surface area contributed by atoms with Gasteiger partial charge in [-0.1, -0.05) is 32.0 Å². The number of H-pyrrole nitrogens is 1. The summed E-state index contributed by atoms with van der Waals surface area (Å²) in [4.78, 5) is 36.4. The number of fused-ring (bicyclic) bond motifs is 1. The molecule has 8 nitrogen and oxygen atoms in total. The predicted molar refractivity (Wildman–Crippen MR) is 137 cm³/mol. The number of nitrogens with zero attached hydrogens (tertiary/aromatic N) is 3. The number of para-hydroxylation sites is 1. The van der Waals surface area contributed by atoms with Crippen molar-refractivity contribution in [3.05, 3.63) is 60.0 Å². The van der Waals surface area contributed by atoms with Gasteiger partial charge in [-0.05, 0) is 37.0 Å². The highest BCUT2D eigenvalue weighted by atomic mass is 32.1. The molecule has 35 heavy (non-hydrogen) atoms. The molecule has 1 aliphatic rings. The molecule has 0 radical (unpaired) electrons. The number of carbonyl (C=O) groups is 2. The van der Waals surface area contributed by atoms with Gasteiger partial charge in [-0.15, -0.1) is 11.3 Å². The Balaban J connectivity index is 1.40. The van der Waals surface area contributed by atoms with E-state index in [9.17, 15) is 9.59 Å². The van der Waals surface area contributed by atoms with Crippen LogP contribution < -0.4 is 5.32 Å². The van der Waals surface area contributed by atoms with Crippen LogP contribution in [0.4, 0.5) is 4.79 Å². The van der Waals surface area contributed by atoms with Crippen molar-refractivity contribution >= 4 is 33.6 Å². The van der Waals surface area contributed by atoms with Crippen LogP contribution in [-0.2, 0) is 9.53 Å². The molecule has 1 aromatic carbocycles. The number of hydrogen-bond donors (Lipinski definition) is 2. The van der Waals surface area contributed by atoms with E-state index in [1.165, 1.54) is 11.9 Å². The molecule has 1 saturated heterocycles. The fourth-order valence-corrected chi connectivity index (χ4v) is 5.83. The van der Waals surface area contributed by atoms with Gasteiger partial charge in [-0.25, -0.2) is 9.78 Å². The molecule has 0 bridgehead atoms. The van der Waals surface area contributed by atoms with Crippen LogP contribution in [0.5, 0.6) is 0 Å². The van der Waals surface area contributed by atoms with Crippen molar-refractivity contribution in [2.24, 2.45) is 5.92 Å².